The van der Waals surface area contributed by atoms with Crippen LogP contribution >= 0.6 is 0 Å². The molecule has 0 spiro atoms. The highest BCUT2D eigenvalue weighted by Gasteiger charge is 2.15. The molecule has 148 valence electrons. The maximum Gasteiger partial charge on any atom is 0.165 e. The van der Waals surface area contributed by atoms with Gasteiger partial charge in [0.05, 0.1) is 26.0 Å². The van der Waals surface area contributed by atoms with Crippen molar-refractivity contribution in [2.75, 3.05) is 38.5 Å². The second kappa shape index (κ2) is 7.71. The van der Waals surface area contributed by atoms with E-state index in [9.17, 15) is 0 Å². The first-order valence-electron chi connectivity index (χ1n) is 9.20. The van der Waals surface area contributed by atoms with E-state index >= 15 is 0 Å². The largest absolute Gasteiger partial charge is 0.497 e. The van der Waals surface area contributed by atoms with Crippen LogP contribution in [0.2, 0.25) is 0 Å². The summed E-state index contributed by atoms with van der Waals surface area (Å²) in [7, 11) is 7.31. The van der Waals surface area contributed by atoms with Crippen LogP contribution in [0.25, 0.3) is 16.8 Å². The third-order valence-electron chi connectivity index (χ3n) is 4.74. The van der Waals surface area contributed by atoms with Gasteiger partial charge in [-0.3, -0.25) is 0 Å². The van der Waals surface area contributed by atoms with E-state index in [0.29, 0.717) is 5.75 Å². The van der Waals surface area contributed by atoms with Crippen molar-refractivity contribution in [1.82, 2.24) is 14.6 Å². The fourth-order valence-corrected chi connectivity index (χ4v) is 3.21. The second-order valence-corrected chi connectivity index (χ2v) is 6.76. The topological polar surface area (TPSA) is 63.9 Å². The molecule has 7 heteroatoms. The Labute approximate surface area is 169 Å². The third-order valence-corrected chi connectivity index (χ3v) is 4.74. The summed E-state index contributed by atoms with van der Waals surface area (Å²) in [5, 5.41) is 8.00. The molecule has 0 aliphatic rings. The molecule has 29 heavy (non-hydrogen) atoms. The van der Waals surface area contributed by atoms with Gasteiger partial charge in [0.1, 0.15) is 17.3 Å². The lowest BCUT2D eigenvalue weighted by Crippen LogP contribution is -2.08. The number of rotatable bonds is 6. The molecule has 0 atom stereocenters. The summed E-state index contributed by atoms with van der Waals surface area (Å²) in [4.78, 5) is 6.61. The minimum Gasteiger partial charge on any atom is -0.497 e. The Kier molecular flexibility index (Phi) is 4.95. The van der Waals surface area contributed by atoms with Gasteiger partial charge in [-0.05, 0) is 36.4 Å². The summed E-state index contributed by atoms with van der Waals surface area (Å²) >= 11 is 0. The van der Waals surface area contributed by atoms with E-state index < -0.39 is 0 Å². The van der Waals surface area contributed by atoms with Crippen LogP contribution < -0.4 is 19.7 Å². The van der Waals surface area contributed by atoms with Crippen LogP contribution in [0.1, 0.15) is 0 Å². The number of fused-ring (bicyclic) bond motifs is 1. The van der Waals surface area contributed by atoms with Crippen molar-refractivity contribution in [3.63, 3.8) is 0 Å². The molecule has 0 bridgehead atoms. The van der Waals surface area contributed by atoms with Gasteiger partial charge in [0.25, 0.3) is 0 Å². The molecule has 0 saturated heterocycles. The molecule has 0 saturated carbocycles. The lowest BCUT2D eigenvalue weighted by molar-refractivity contribution is 0.395. The average Bonchev–Trinajstić information content (AvgIpc) is 3.18. The third kappa shape index (κ3) is 3.54. The zero-order chi connectivity index (χ0) is 20.4. The van der Waals surface area contributed by atoms with Gasteiger partial charge in [-0.2, -0.15) is 9.61 Å². The molecular weight excluding hydrogens is 366 g/mol. The van der Waals surface area contributed by atoms with E-state index in [4.69, 9.17) is 9.47 Å². The molecule has 1 N–H and O–H groups in total. The van der Waals surface area contributed by atoms with Gasteiger partial charge in [0.15, 0.2) is 5.65 Å². The Morgan fingerprint density at radius 3 is 2.59 bits per heavy atom. The minimum absolute atomic E-state index is 0.707. The smallest absolute Gasteiger partial charge is 0.165 e. The van der Waals surface area contributed by atoms with Crippen LogP contribution in [-0.2, 0) is 0 Å². The molecule has 2 aromatic heterocycles. The van der Waals surface area contributed by atoms with E-state index in [1.165, 1.54) is 0 Å². The molecule has 4 aromatic rings. The van der Waals surface area contributed by atoms with E-state index in [2.05, 4.69) is 32.4 Å². The fourth-order valence-electron chi connectivity index (χ4n) is 3.21. The van der Waals surface area contributed by atoms with Crippen molar-refractivity contribution < 1.29 is 9.47 Å². The maximum absolute atomic E-state index is 5.56. The second-order valence-electron chi connectivity index (χ2n) is 6.76. The number of ether oxygens (including phenoxy) is 2. The summed E-state index contributed by atoms with van der Waals surface area (Å²) < 4.78 is 12.6. The van der Waals surface area contributed by atoms with Crippen molar-refractivity contribution in [2.24, 2.45) is 0 Å². The zero-order valence-corrected chi connectivity index (χ0v) is 16.9. The van der Waals surface area contributed by atoms with Crippen molar-refractivity contribution >= 4 is 22.8 Å². The van der Waals surface area contributed by atoms with Gasteiger partial charge >= 0.3 is 0 Å². The van der Waals surface area contributed by atoms with Gasteiger partial charge in [-0.25, -0.2) is 4.98 Å². The Hall–Kier alpha value is -3.74. The van der Waals surface area contributed by atoms with Crippen LogP contribution in [0.15, 0.2) is 60.9 Å². The van der Waals surface area contributed by atoms with Crippen LogP contribution in [0, 0.1) is 0 Å². The lowest BCUT2D eigenvalue weighted by atomic mass is 10.1. The Morgan fingerprint density at radius 2 is 1.83 bits per heavy atom. The Morgan fingerprint density at radius 1 is 0.966 bits per heavy atom. The quantitative estimate of drug-likeness (QED) is 0.533. The number of aromatic nitrogens is 3. The molecule has 0 radical (unpaired) electrons. The first-order valence-corrected chi connectivity index (χ1v) is 9.20. The monoisotopic (exact) mass is 389 g/mol. The Balaban J connectivity index is 1.75. The summed E-state index contributed by atoms with van der Waals surface area (Å²) in [6.07, 6.45) is 3.57. The van der Waals surface area contributed by atoms with Crippen molar-refractivity contribution in [2.45, 2.75) is 0 Å². The molecule has 0 unspecified atom stereocenters. The van der Waals surface area contributed by atoms with Crippen molar-refractivity contribution in [3.8, 4) is 22.6 Å². The van der Waals surface area contributed by atoms with E-state index in [1.807, 2.05) is 50.5 Å². The normalized spacial score (nSPS) is 10.8. The molecule has 2 heterocycles. The van der Waals surface area contributed by atoms with Crippen LogP contribution in [0.3, 0.4) is 0 Å². The predicted molar refractivity (Wildman–Crippen MR) is 116 cm³/mol. The molecule has 4 rings (SSSR count). The number of methoxy groups -OCH3 is 2. The average molecular weight is 389 g/mol. The molecule has 0 fully saturated rings. The molecule has 0 amide bonds. The predicted octanol–water partition coefficient (Wildman–Crippen LogP) is 4.22. The lowest BCUT2D eigenvalue weighted by Gasteiger charge is -2.15. The fraction of sp³-hybridized carbons (Fsp3) is 0.182. The summed E-state index contributed by atoms with van der Waals surface area (Å²) in [6.45, 7) is 0. The summed E-state index contributed by atoms with van der Waals surface area (Å²) in [5.74, 6) is 2.26. The van der Waals surface area contributed by atoms with Crippen LogP contribution in [0.4, 0.5) is 17.2 Å². The number of nitrogens with one attached hydrogen (secondary N) is 1. The standard InChI is InChI=1S/C22H23N5O2/c1-26(2)16-7-5-6-15(12-16)25-21-10-11-23-22-19(14-24-27(21)22)18-9-8-17(28-3)13-20(18)29-4/h5-14,25H,1-4H3. The molecule has 2 aromatic carbocycles. The zero-order valence-electron chi connectivity index (χ0n) is 16.9. The SMILES string of the molecule is COc1ccc(-c2cnn3c(Nc4cccc(N(C)C)c4)ccnc23)c(OC)c1. The molecular formula is C22H23N5O2. The van der Waals surface area contributed by atoms with Gasteiger partial charge in [-0.15, -0.1) is 0 Å². The van der Waals surface area contributed by atoms with Gasteiger partial charge < -0.3 is 19.7 Å². The molecule has 7 nitrogen and oxygen atoms in total. The first-order chi connectivity index (χ1) is 14.1. The van der Waals surface area contributed by atoms with E-state index in [1.54, 1.807) is 31.1 Å². The van der Waals surface area contributed by atoms with Gasteiger partial charge in [0.2, 0.25) is 0 Å². The van der Waals surface area contributed by atoms with Crippen LogP contribution in [-0.4, -0.2) is 42.9 Å². The highest BCUT2D eigenvalue weighted by atomic mass is 16.5. The van der Waals surface area contributed by atoms with Gasteiger partial charge in [0, 0.05) is 43.3 Å². The minimum atomic E-state index is 0.707. The highest BCUT2D eigenvalue weighted by molar-refractivity contribution is 5.82. The van der Waals surface area contributed by atoms with Gasteiger partial charge in [-0.1, -0.05) is 6.07 Å². The molecule has 0 aliphatic heterocycles. The maximum atomic E-state index is 5.56. The summed E-state index contributed by atoms with van der Waals surface area (Å²) in [5.41, 5.74) is 4.62. The first kappa shape index (κ1) is 18.6. The molecule has 0 aliphatic carbocycles. The number of benzene rings is 2. The Bertz CT molecular complexity index is 1150. The van der Waals surface area contributed by atoms with Crippen molar-refractivity contribution in [3.05, 3.63) is 60.9 Å². The van der Waals surface area contributed by atoms with Crippen molar-refractivity contribution in [1.29, 1.82) is 0 Å². The number of nitrogens with zero attached hydrogens (tertiary/aromatic N) is 4. The van der Waals surface area contributed by atoms with E-state index in [0.717, 1.165) is 39.7 Å². The number of anilines is 3. The number of hydrogen-bond acceptors (Lipinski definition) is 6. The van der Waals surface area contributed by atoms with Crippen LogP contribution in [0.5, 0.6) is 11.5 Å². The highest BCUT2D eigenvalue weighted by Crippen LogP contribution is 2.35. The number of hydrogen-bond donors (Lipinski definition) is 1. The van der Waals surface area contributed by atoms with E-state index in [-0.39, 0.29) is 0 Å². The summed E-state index contributed by atoms with van der Waals surface area (Å²) in [6, 6.07) is 15.8.